The summed E-state index contributed by atoms with van der Waals surface area (Å²) in [5, 5.41) is 0. The van der Waals surface area contributed by atoms with E-state index in [1.807, 2.05) is 52.8 Å². The largest absolute Gasteiger partial charge is 0.493 e. The van der Waals surface area contributed by atoms with Crippen molar-refractivity contribution in [2.45, 2.75) is 66.7 Å². The Morgan fingerprint density at radius 2 is 1.87 bits per heavy atom. The minimum absolute atomic E-state index is 0.0560. The zero-order valence-corrected chi connectivity index (χ0v) is 19.2. The van der Waals surface area contributed by atoms with E-state index in [1.165, 1.54) is 6.07 Å². The molecule has 0 N–H and O–H groups in total. The number of allylic oxidation sites excluding steroid dienone is 4. The highest BCUT2D eigenvalue weighted by Crippen LogP contribution is 2.37. The molecule has 0 radical (unpaired) electrons. The Morgan fingerprint density at radius 1 is 1.20 bits per heavy atom. The first-order chi connectivity index (χ1) is 14.0. The highest BCUT2D eigenvalue weighted by molar-refractivity contribution is 5.83. The Bertz CT molecular complexity index is 854. The lowest BCUT2D eigenvalue weighted by molar-refractivity contribution is 0.0143. The topological polar surface area (TPSA) is 21.6 Å². The lowest BCUT2D eigenvalue weighted by atomic mass is 10.0. The van der Waals surface area contributed by atoms with E-state index < -0.39 is 5.92 Å². The Morgan fingerprint density at radius 3 is 2.37 bits per heavy atom. The second kappa shape index (κ2) is 11.6. The molecular weight excluding hydrogens is 380 g/mol. The zero-order valence-electron chi connectivity index (χ0n) is 19.2. The van der Waals surface area contributed by atoms with Gasteiger partial charge in [-0.1, -0.05) is 49.9 Å². The van der Waals surface area contributed by atoms with Crippen molar-refractivity contribution in [2.75, 3.05) is 6.61 Å². The summed E-state index contributed by atoms with van der Waals surface area (Å²) < 4.78 is 33.7. The standard InChI is InChI=1S/C26H35F2NO/c1-9-21-14-11-15-23(26(8,27)28)25(21)30-16-12-13-20(7)29-24(10-2)22(19(5)6)17-18(3)4/h10-11,14-15,17H,3,5,9,12-13,16H2,1-2,4,6-8H3/b22-17-,24-10?,29-20?. The fourth-order valence-electron chi connectivity index (χ4n) is 3.09. The molecule has 2 nitrogen and oxygen atoms in total. The Hall–Kier alpha value is -2.49. The molecule has 1 rings (SSSR count). The maximum atomic E-state index is 14.0. The van der Waals surface area contributed by atoms with Gasteiger partial charge in [0, 0.05) is 18.2 Å². The number of aryl methyl sites for hydroxylation is 1. The first kappa shape index (κ1) is 25.5. The van der Waals surface area contributed by atoms with Crippen molar-refractivity contribution >= 4 is 5.71 Å². The van der Waals surface area contributed by atoms with Crippen molar-refractivity contribution in [1.82, 2.24) is 0 Å². The number of hydrogen-bond donors (Lipinski definition) is 0. The number of rotatable bonds is 11. The lowest BCUT2D eigenvalue weighted by Gasteiger charge is -2.19. The fourth-order valence-corrected chi connectivity index (χ4v) is 3.09. The van der Waals surface area contributed by atoms with Crippen LogP contribution in [0.4, 0.5) is 8.78 Å². The van der Waals surface area contributed by atoms with Crippen molar-refractivity contribution in [3.05, 3.63) is 77.1 Å². The third kappa shape index (κ3) is 7.74. The van der Waals surface area contributed by atoms with Crippen molar-refractivity contribution in [2.24, 2.45) is 4.99 Å². The van der Waals surface area contributed by atoms with E-state index in [0.29, 0.717) is 31.6 Å². The SMILES string of the molecule is C=C(C)/C=C(/C(=C)C)C(=CC)N=C(C)CCCOc1c(CC)cccc1C(C)(F)F. The van der Waals surface area contributed by atoms with E-state index in [-0.39, 0.29) is 5.56 Å². The molecule has 0 unspecified atom stereocenters. The van der Waals surface area contributed by atoms with E-state index in [4.69, 9.17) is 9.73 Å². The lowest BCUT2D eigenvalue weighted by Crippen LogP contribution is -2.12. The Kier molecular flexibility index (Phi) is 9.91. The highest BCUT2D eigenvalue weighted by Gasteiger charge is 2.29. The van der Waals surface area contributed by atoms with Crippen LogP contribution in [0.3, 0.4) is 0 Å². The van der Waals surface area contributed by atoms with E-state index in [2.05, 4.69) is 13.2 Å². The molecule has 0 amide bonds. The van der Waals surface area contributed by atoms with Crippen LogP contribution in [-0.4, -0.2) is 12.3 Å². The average molecular weight is 416 g/mol. The first-order valence-electron chi connectivity index (χ1n) is 10.4. The molecule has 0 aliphatic heterocycles. The molecule has 1 aromatic rings. The van der Waals surface area contributed by atoms with Crippen LogP contribution < -0.4 is 4.74 Å². The molecular formula is C26H35F2NO. The number of halogens is 2. The van der Waals surface area contributed by atoms with Gasteiger partial charge in [0.05, 0.1) is 17.9 Å². The molecule has 0 bridgehead atoms. The number of hydrogen-bond acceptors (Lipinski definition) is 2. The summed E-state index contributed by atoms with van der Waals surface area (Å²) in [4.78, 5) is 4.74. The predicted octanol–water partition coefficient (Wildman–Crippen LogP) is 7.96. The third-order valence-electron chi connectivity index (χ3n) is 4.59. The smallest absolute Gasteiger partial charge is 0.274 e. The predicted molar refractivity (Wildman–Crippen MR) is 125 cm³/mol. The van der Waals surface area contributed by atoms with Gasteiger partial charge in [-0.05, 0) is 64.2 Å². The average Bonchev–Trinajstić information content (AvgIpc) is 2.66. The summed E-state index contributed by atoms with van der Waals surface area (Å²) in [5.41, 5.74) is 5.37. The van der Waals surface area contributed by atoms with Gasteiger partial charge in [0.1, 0.15) is 5.75 Å². The molecule has 1 aromatic carbocycles. The van der Waals surface area contributed by atoms with Gasteiger partial charge in [-0.15, -0.1) is 0 Å². The number of ether oxygens (including phenoxy) is 1. The molecule has 0 saturated heterocycles. The van der Waals surface area contributed by atoms with E-state index in [1.54, 1.807) is 6.07 Å². The molecule has 0 aromatic heterocycles. The van der Waals surface area contributed by atoms with Crippen molar-refractivity contribution < 1.29 is 13.5 Å². The summed E-state index contributed by atoms with van der Waals surface area (Å²) in [6, 6.07) is 4.93. The Balaban J connectivity index is 2.86. The number of aliphatic imine (C=N–C) groups is 1. The molecule has 0 atom stereocenters. The van der Waals surface area contributed by atoms with Crippen LogP contribution in [0, 0.1) is 0 Å². The van der Waals surface area contributed by atoms with Gasteiger partial charge in [-0.25, -0.2) is 8.78 Å². The van der Waals surface area contributed by atoms with Crippen LogP contribution in [0.2, 0.25) is 0 Å². The van der Waals surface area contributed by atoms with Gasteiger partial charge in [0.25, 0.3) is 5.92 Å². The summed E-state index contributed by atoms with van der Waals surface area (Å²) in [6.45, 7) is 19.0. The van der Waals surface area contributed by atoms with Crippen LogP contribution in [0.5, 0.6) is 5.75 Å². The molecule has 0 fully saturated rings. The second-order valence-corrected chi connectivity index (χ2v) is 7.69. The molecule has 0 heterocycles. The van der Waals surface area contributed by atoms with E-state index >= 15 is 0 Å². The van der Waals surface area contributed by atoms with Gasteiger partial charge < -0.3 is 4.74 Å². The summed E-state index contributed by atoms with van der Waals surface area (Å²) in [6.07, 6.45) is 5.97. The van der Waals surface area contributed by atoms with Gasteiger partial charge >= 0.3 is 0 Å². The van der Waals surface area contributed by atoms with Crippen LogP contribution in [0.1, 0.15) is 65.5 Å². The Labute approximate surface area is 180 Å². The number of nitrogens with zero attached hydrogens (tertiary/aromatic N) is 1. The van der Waals surface area contributed by atoms with E-state index in [0.717, 1.165) is 40.6 Å². The van der Waals surface area contributed by atoms with Crippen LogP contribution in [0.25, 0.3) is 0 Å². The van der Waals surface area contributed by atoms with Gasteiger partial charge in [0.15, 0.2) is 0 Å². The summed E-state index contributed by atoms with van der Waals surface area (Å²) in [7, 11) is 0. The van der Waals surface area contributed by atoms with Crippen molar-refractivity contribution in [3.8, 4) is 5.75 Å². The van der Waals surface area contributed by atoms with Crippen LogP contribution >= 0.6 is 0 Å². The third-order valence-corrected chi connectivity index (χ3v) is 4.59. The minimum Gasteiger partial charge on any atom is -0.493 e. The number of para-hydroxylation sites is 1. The molecule has 0 aliphatic rings. The maximum absolute atomic E-state index is 14.0. The van der Waals surface area contributed by atoms with Gasteiger partial charge in [-0.3, -0.25) is 4.99 Å². The normalized spacial score (nSPS) is 13.4. The molecule has 164 valence electrons. The molecule has 30 heavy (non-hydrogen) atoms. The second-order valence-electron chi connectivity index (χ2n) is 7.69. The summed E-state index contributed by atoms with van der Waals surface area (Å²) >= 11 is 0. The molecule has 0 saturated carbocycles. The molecule has 4 heteroatoms. The van der Waals surface area contributed by atoms with Crippen LogP contribution in [0.15, 0.2) is 70.9 Å². The van der Waals surface area contributed by atoms with Crippen LogP contribution in [-0.2, 0) is 12.3 Å². The maximum Gasteiger partial charge on any atom is 0.274 e. The van der Waals surface area contributed by atoms with Gasteiger partial charge in [-0.2, -0.15) is 0 Å². The molecule has 0 aliphatic carbocycles. The van der Waals surface area contributed by atoms with E-state index in [9.17, 15) is 8.78 Å². The fraction of sp³-hybridized carbons (Fsp3) is 0.423. The minimum atomic E-state index is -2.94. The van der Waals surface area contributed by atoms with Gasteiger partial charge in [0.2, 0.25) is 0 Å². The first-order valence-corrected chi connectivity index (χ1v) is 10.4. The number of alkyl halides is 2. The van der Waals surface area contributed by atoms with Crippen molar-refractivity contribution in [3.63, 3.8) is 0 Å². The summed E-state index contributed by atoms with van der Waals surface area (Å²) in [5.74, 6) is -2.63. The highest BCUT2D eigenvalue weighted by atomic mass is 19.3. The van der Waals surface area contributed by atoms with Crippen molar-refractivity contribution in [1.29, 1.82) is 0 Å². The number of benzene rings is 1. The zero-order chi connectivity index (χ0) is 22.9. The molecule has 0 spiro atoms. The quantitative estimate of drug-likeness (QED) is 0.204. The monoisotopic (exact) mass is 415 g/mol.